The van der Waals surface area contributed by atoms with Crippen molar-refractivity contribution in [3.8, 4) is 0 Å². The summed E-state index contributed by atoms with van der Waals surface area (Å²) < 4.78 is 5.40. The molecule has 5 nitrogen and oxygen atoms in total. The van der Waals surface area contributed by atoms with Gasteiger partial charge >= 0.3 is 6.09 Å². The summed E-state index contributed by atoms with van der Waals surface area (Å²) in [6.07, 6.45) is 4.67. The van der Waals surface area contributed by atoms with Gasteiger partial charge in [0, 0.05) is 30.9 Å². The molecular weight excluding hydrogens is 268 g/mol. The highest BCUT2D eigenvalue weighted by atomic mass is 16.6. The predicted octanol–water partition coefficient (Wildman–Crippen LogP) is 2.34. The first-order valence-electron chi connectivity index (χ1n) is 7.36. The molecule has 1 aromatic heterocycles. The topological polar surface area (TPSA) is 62.7 Å². The van der Waals surface area contributed by atoms with E-state index in [0.717, 1.165) is 18.4 Å². The van der Waals surface area contributed by atoms with E-state index in [-0.39, 0.29) is 18.1 Å². The van der Waals surface area contributed by atoms with Crippen LogP contribution in [0.15, 0.2) is 24.5 Å². The van der Waals surface area contributed by atoms with Crippen molar-refractivity contribution in [1.29, 1.82) is 0 Å². The van der Waals surface area contributed by atoms with Crippen molar-refractivity contribution < 1.29 is 14.6 Å². The lowest BCUT2D eigenvalue weighted by molar-refractivity contribution is 0.0123. The molecule has 0 saturated carbocycles. The van der Waals surface area contributed by atoms with Gasteiger partial charge in [-0.3, -0.25) is 4.98 Å². The minimum atomic E-state index is -0.478. The Labute approximate surface area is 125 Å². The second kappa shape index (κ2) is 6.02. The van der Waals surface area contributed by atoms with Crippen LogP contribution in [0.25, 0.3) is 0 Å². The van der Waals surface area contributed by atoms with Crippen molar-refractivity contribution >= 4 is 6.09 Å². The van der Waals surface area contributed by atoms with E-state index in [1.54, 1.807) is 17.3 Å². The summed E-state index contributed by atoms with van der Waals surface area (Å²) in [5.41, 5.74) is 0.332. The van der Waals surface area contributed by atoms with Crippen molar-refractivity contribution in [2.75, 3.05) is 19.7 Å². The molecule has 116 valence electrons. The molecule has 2 heterocycles. The van der Waals surface area contributed by atoms with Gasteiger partial charge in [0.1, 0.15) is 5.60 Å². The molecule has 0 spiro atoms. The third-order valence-corrected chi connectivity index (χ3v) is 3.97. The number of rotatable bonds is 2. The second-order valence-electron chi connectivity index (χ2n) is 6.64. The zero-order valence-corrected chi connectivity index (χ0v) is 13.0. The Bertz CT molecular complexity index is 474. The van der Waals surface area contributed by atoms with Crippen molar-refractivity contribution in [3.63, 3.8) is 0 Å². The van der Waals surface area contributed by atoms with Crippen molar-refractivity contribution in [2.24, 2.45) is 0 Å². The third kappa shape index (κ3) is 3.73. The van der Waals surface area contributed by atoms with E-state index in [4.69, 9.17) is 4.74 Å². The van der Waals surface area contributed by atoms with Gasteiger partial charge in [-0.15, -0.1) is 0 Å². The summed E-state index contributed by atoms with van der Waals surface area (Å²) in [5.74, 6) is 0. The van der Waals surface area contributed by atoms with Gasteiger partial charge < -0.3 is 14.7 Å². The molecule has 1 amide bonds. The number of aromatic nitrogens is 1. The molecule has 1 aliphatic rings. The van der Waals surface area contributed by atoms with Gasteiger partial charge in [-0.2, -0.15) is 0 Å². The minimum absolute atomic E-state index is 0.0825. The molecule has 0 bridgehead atoms. The summed E-state index contributed by atoms with van der Waals surface area (Å²) in [6, 6.07) is 3.89. The highest BCUT2D eigenvalue weighted by Gasteiger charge is 2.37. The minimum Gasteiger partial charge on any atom is -0.444 e. The summed E-state index contributed by atoms with van der Waals surface area (Å²) in [6.45, 7) is 6.87. The van der Waals surface area contributed by atoms with Crippen LogP contribution < -0.4 is 0 Å². The first-order chi connectivity index (χ1) is 9.86. The Kier molecular flexibility index (Phi) is 4.52. The number of amides is 1. The van der Waals surface area contributed by atoms with Gasteiger partial charge in [0.05, 0.1) is 6.61 Å². The molecule has 2 rings (SSSR count). The van der Waals surface area contributed by atoms with Crippen molar-refractivity contribution in [1.82, 2.24) is 9.88 Å². The largest absolute Gasteiger partial charge is 0.444 e. The van der Waals surface area contributed by atoms with E-state index in [2.05, 4.69) is 4.98 Å². The van der Waals surface area contributed by atoms with E-state index in [1.165, 1.54) is 0 Å². The van der Waals surface area contributed by atoms with Crippen LogP contribution in [0.4, 0.5) is 4.79 Å². The highest BCUT2D eigenvalue weighted by molar-refractivity contribution is 5.68. The standard InChI is InChI=1S/C16H24N2O3/c1-15(2,3)21-14(20)18-10-6-16(12-19,7-11-18)13-4-8-17-9-5-13/h4-5,8-9,19H,6-7,10-12H2,1-3H3. The van der Waals surface area contributed by atoms with E-state index < -0.39 is 5.60 Å². The number of carbonyl (C=O) groups is 1. The normalized spacial score (nSPS) is 18.4. The first-order valence-corrected chi connectivity index (χ1v) is 7.36. The van der Waals surface area contributed by atoms with Crippen LogP contribution in [-0.2, 0) is 10.2 Å². The lowest BCUT2D eigenvalue weighted by atomic mass is 9.74. The molecule has 1 aromatic rings. The molecule has 21 heavy (non-hydrogen) atoms. The van der Waals surface area contributed by atoms with Crippen LogP contribution in [0.1, 0.15) is 39.2 Å². The number of likely N-dealkylation sites (tertiary alicyclic amines) is 1. The fraction of sp³-hybridized carbons (Fsp3) is 0.625. The van der Waals surface area contributed by atoms with E-state index in [1.807, 2.05) is 32.9 Å². The van der Waals surface area contributed by atoms with Crippen LogP contribution in [0, 0.1) is 0 Å². The molecule has 5 heteroatoms. The smallest absolute Gasteiger partial charge is 0.410 e. The van der Waals surface area contributed by atoms with Gasteiger partial charge in [-0.05, 0) is 51.3 Å². The van der Waals surface area contributed by atoms with Crippen LogP contribution in [0.2, 0.25) is 0 Å². The molecule has 1 aliphatic heterocycles. The average molecular weight is 292 g/mol. The molecule has 1 saturated heterocycles. The molecule has 0 radical (unpaired) electrons. The number of nitrogens with zero attached hydrogens (tertiary/aromatic N) is 2. The number of piperidine rings is 1. The number of hydrogen-bond donors (Lipinski definition) is 1. The highest BCUT2D eigenvalue weighted by Crippen LogP contribution is 2.35. The number of aliphatic hydroxyl groups is 1. The lowest BCUT2D eigenvalue weighted by Crippen LogP contribution is -2.48. The summed E-state index contributed by atoms with van der Waals surface area (Å²) in [4.78, 5) is 17.8. The average Bonchev–Trinajstić information content (AvgIpc) is 2.46. The number of pyridine rings is 1. The molecular formula is C16H24N2O3. The van der Waals surface area contributed by atoms with Gasteiger partial charge in [-0.1, -0.05) is 0 Å². The summed E-state index contributed by atoms with van der Waals surface area (Å²) >= 11 is 0. The molecule has 0 unspecified atom stereocenters. The monoisotopic (exact) mass is 292 g/mol. The van der Waals surface area contributed by atoms with Crippen molar-refractivity contribution in [2.45, 2.75) is 44.6 Å². The van der Waals surface area contributed by atoms with Gasteiger partial charge in [0.15, 0.2) is 0 Å². The Balaban J connectivity index is 2.03. The van der Waals surface area contributed by atoms with E-state index >= 15 is 0 Å². The van der Waals surface area contributed by atoms with Gasteiger partial charge in [-0.25, -0.2) is 4.79 Å². The number of aliphatic hydroxyl groups excluding tert-OH is 1. The fourth-order valence-electron chi connectivity index (χ4n) is 2.69. The Morgan fingerprint density at radius 3 is 2.38 bits per heavy atom. The number of ether oxygens (including phenoxy) is 1. The fourth-order valence-corrected chi connectivity index (χ4v) is 2.69. The SMILES string of the molecule is CC(C)(C)OC(=O)N1CCC(CO)(c2ccncc2)CC1. The maximum Gasteiger partial charge on any atom is 0.410 e. The van der Waals surface area contributed by atoms with Crippen LogP contribution >= 0.6 is 0 Å². The van der Waals surface area contributed by atoms with Crippen LogP contribution in [0.3, 0.4) is 0 Å². The summed E-state index contributed by atoms with van der Waals surface area (Å²) in [5, 5.41) is 9.85. The van der Waals surface area contributed by atoms with Crippen LogP contribution in [-0.4, -0.2) is 46.4 Å². The lowest BCUT2D eigenvalue weighted by Gasteiger charge is -2.41. The molecule has 0 aliphatic carbocycles. The third-order valence-electron chi connectivity index (χ3n) is 3.97. The zero-order valence-electron chi connectivity index (χ0n) is 13.0. The van der Waals surface area contributed by atoms with E-state index in [9.17, 15) is 9.90 Å². The Morgan fingerprint density at radius 1 is 1.33 bits per heavy atom. The summed E-state index contributed by atoms with van der Waals surface area (Å²) in [7, 11) is 0. The maximum atomic E-state index is 12.1. The molecule has 1 N–H and O–H groups in total. The number of hydrogen-bond acceptors (Lipinski definition) is 4. The van der Waals surface area contributed by atoms with Gasteiger partial charge in [0.25, 0.3) is 0 Å². The second-order valence-corrected chi connectivity index (χ2v) is 6.64. The van der Waals surface area contributed by atoms with Crippen LogP contribution in [0.5, 0.6) is 0 Å². The first kappa shape index (κ1) is 15.8. The molecule has 0 atom stereocenters. The zero-order chi connectivity index (χ0) is 15.5. The number of carbonyl (C=O) groups excluding carboxylic acids is 1. The Morgan fingerprint density at radius 2 is 1.90 bits per heavy atom. The maximum absolute atomic E-state index is 12.1. The van der Waals surface area contributed by atoms with Crippen molar-refractivity contribution in [3.05, 3.63) is 30.1 Å². The quantitative estimate of drug-likeness (QED) is 0.909. The molecule has 0 aromatic carbocycles. The van der Waals surface area contributed by atoms with E-state index in [0.29, 0.717) is 13.1 Å². The van der Waals surface area contributed by atoms with Gasteiger partial charge in [0.2, 0.25) is 0 Å². The molecule has 1 fully saturated rings. The predicted molar refractivity (Wildman–Crippen MR) is 80.0 cm³/mol. The Hall–Kier alpha value is -1.62.